The van der Waals surface area contributed by atoms with Gasteiger partial charge in [0, 0.05) is 13.0 Å². The van der Waals surface area contributed by atoms with E-state index in [0.717, 1.165) is 11.1 Å². The second-order valence-corrected chi connectivity index (χ2v) is 6.97. The van der Waals surface area contributed by atoms with E-state index in [-0.39, 0.29) is 17.0 Å². The molecule has 0 spiro atoms. The fourth-order valence-corrected chi connectivity index (χ4v) is 2.73. The number of primary sulfonamides is 1. The zero-order chi connectivity index (χ0) is 18.3. The normalized spacial score (nSPS) is 12.0. The Labute approximate surface area is 146 Å². The summed E-state index contributed by atoms with van der Waals surface area (Å²) in [5.41, 5.74) is 1.73. The fraction of sp³-hybridized carbons (Fsp3) is 0.176. The molecule has 0 aliphatic rings. The molecule has 2 aromatic rings. The Bertz CT molecular complexity index is 847. The van der Waals surface area contributed by atoms with Crippen LogP contribution in [0.15, 0.2) is 64.6 Å². The number of sulfonamides is 1. The number of hydrogen-bond donors (Lipinski definition) is 3. The fourth-order valence-electron chi connectivity index (χ4n) is 2.22. The number of amides is 1. The van der Waals surface area contributed by atoms with Crippen LogP contribution in [-0.4, -0.2) is 31.8 Å². The van der Waals surface area contributed by atoms with Crippen LogP contribution in [0.5, 0.6) is 0 Å². The monoisotopic (exact) mass is 361 g/mol. The van der Waals surface area contributed by atoms with E-state index in [1.807, 2.05) is 30.3 Å². The Morgan fingerprint density at radius 2 is 1.68 bits per heavy atom. The highest BCUT2D eigenvalue weighted by Crippen LogP contribution is 2.09. The molecule has 25 heavy (non-hydrogen) atoms. The Morgan fingerprint density at radius 3 is 2.24 bits per heavy atom. The Hall–Kier alpha value is -2.71. The zero-order valence-electron chi connectivity index (χ0n) is 13.4. The number of nitrogens with two attached hydrogens (primary N) is 1. The number of nitrogens with zero attached hydrogens (tertiary/aromatic N) is 1. The lowest BCUT2D eigenvalue weighted by Crippen LogP contribution is -2.33. The summed E-state index contributed by atoms with van der Waals surface area (Å²) in [6.45, 7) is 0.321. The average Bonchev–Trinajstić information content (AvgIpc) is 2.60. The maximum Gasteiger partial charge on any atom is 0.269 e. The lowest BCUT2D eigenvalue weighted by molar-refractivity contribution is -0.115. The molecule has 132 valence electrons. The van der Waals surface area contributed by atoms with Gasteiger partial charge in [-0.15, -0.1) is 0 Å². The van der Waals surface area contributed by atoms with Crippen molar-refractivity contribution in [3.63, 3.8) is 0 Å². The van der Waals surface area contributed by atoms with E-state index in [1.54, 1.807) is 12.1 Å². The summed E-state index contributed by atoms with van der Waals surface area (Å²) in [6, 6.07) is 15.3. The van der Waals surface area contributed by atoms with E-state index in [9.17, 15) is 13.2 Å². The van der Waals surface area contributed by atoms with Gasteiger partial charge in [-0.1, -0.05) is 47.6 Å². The minimum absolute atomic E-state index is 0.0239. The largest absolute Gasteiger partial charge is 0.410 e. The number of nitrogens with one attached hydrogen (secondary N) is 1. The Kier molecular flexibility index (Phi) is 6.26. The van der Waals surface area contributed by atoms with E-state index in [0.29, 0.717) is 13.0 Å². The van der Waals surface area contributed by atoms with Gasteiger partial charge in [0.1, 0.15) is 5.71 Å². The molecule has 8 heteroatoms. The lowest BCUT2D eigenvalue weighted by atomic mass is 10.1. The van der Waals surface area contributed by atoms with Crippen LogP contribution in [0.25, 0.3) is 0 Å². The van der Waals surface area contributed by atoms with Gasteiger partial charge in [0.2, 0.25) is 10.0 Å². The second-order valence-electron chi connectivity index (χ2n) is 5.40. The molecule has 7 nitrogen and oxygen atoms in total. The number of hydrogen-bond acceptors (Lipinski definition) is 5. The average molecular weight is 361 g/mol. The zero-order valence-corrected chi connectivity index (χ0v) is 14.2. The van der Waals surface area contributed by atoms with E-state index in [2.05, 4.69) is 10.5 Å². The molecule has 0 radical (unpaired) electrons. The van der Waals surface area contributed by atoms with Crippen LogP contribution >= 0.6 is 0 Å². The van der Waals surface area contributed by atoms with Crippen molar-refractivity contribution in [2.24, 2.45) is 10.3 Å². The van der Waals surface area contributed by atoms with Crippen molar-refractivity contribution in [3.8, 4) is 0 Å². The molecule has 0 bridgehead atoms. The lowest BCUT2D eigenvalue weighted by Gasteiger charge is -2.07. The van der Waals surface area contributed by atoms with E-state index in [1.165, 1.54) is 12.1 Å². The van der Waals surface area contributed by atoms with Gasteiger partial charge in [-0.25, -0.2) is 13.6 Å². The first-order valence-corrected chi connectivity index (χ1v) is 9.09. The molecule has 4 N–H and O–H groups in total. The molecular weight excluding hydrogens is 342 g/mol. The van der Waals surface area contributed by atoms with Crippen LogP contribution in [0.2, 0.25) is 0 Å². The third kappa shape index (κ3) is 5.70. The highest BCUT2D eigenvalue weighted by Gasteiger charge is 2.12. The van der Waals surface area contributed by atoms with Gasteiger partial charge in [-0.05, 0) is 29.7 Å². The summed E-state index contributed by atoms with van der Waals surface area (Å²) in [5, 5.41) is 19.8. The Morgan fingerprint density at radius 1 is 1.04 bits per heavy atom. The molecule has 0 fully saturated rings. The van der Waals surface area contributed by atoms with Gasteiger partial charge in [0.15, 0.2) is 0 Å². The van der Waals surface area contributed by atoms with Gasteiger partial charge >= 0.3 is 0 Å². The maximum atomic E-state index is 12.1. The molecule has 0 aliphatic heterocycles. The van der Waals surface area contributed by atoms with Crippen molar-refractivity contribution in [1.29, 1.82) is 0 Å². The van der Waals surface area contributed by atoms with Crippen LogP contribution in [0.1, 0.15) is 11.1 Å². The first kappa shape index (κ1) is 18.6. The molecule has 1 amide bonds. The smallest absolute Gasteiger partial charge is 0.269 e. The molecule has 0 aromatic heterocycles. The van der Waals surface area contributed by atoms with Crippen molar-refractivity contribution in [3.05, 3.63) is 65.7 Å². The van der Waals surface area contributed by atoms with Crippen LogP contribution in [0.4, 0.5) is 0 Å². The quantitative estimate of drug-likeness (QED) is 0.388. The summed E-state index contributed by atoms with van der Waals surface area (Å²) < 4.78 is 22.4. The maximum absolute atomic E-state index is 12.1. The highest BCUT2D eigenvalue weighted by atomic mass is 32.2. The molecule has 2 rings (SSSR count). The SMILES string of the molecule is NS(=O)(=O)c1ccc(CCNC(=O)/C(Cc2ccccc2)=N/O)cc1. The molecule has 0 saturated carbocycles. The van der Waals surface area contributed by atoms with Gasteiger partial charge in [-0.3, -0.25) is 4.79 Å². The molecule has 0 atom stereocenters. The molecule has 0 aliphatic carbocycles. The predicted octanol–water partition coefficient (Wildman–Crippen LogP) is 1.07. The van der Waals surface area contributed by atoms with Gasteiger partial charge in [-0.2, -0.15) is 0 Å². The molecule has 0 unspecified atom stereocenters. The molecule has 0 heterocycles. The van der Waals surface area contributed by atoms with Gasteiger partial charge in [0.25, 0.3) is 5.91 Å². The van der Waals surface area contributed by atoms with Crippen LogP contribution in [0.3, 0.4) is 0 Å². The van der Waals surface area contributed by atoms with Gasteiger partial charge in [0.05, 0.1) is 4.90 Å². The van der Waals surface area contributed by atoms with Crippen LogP contribution in [-0.2, 0) is 27.7 Å². The standard InChI is InChI=1S/C17H19N3O4S/c18-25(23,24)15-8-6-13(7-9-15)10-11-19-17(21)16(20-22)12-14-4-2-1-3-5-14/h1-9,22H,10-12H2,(H,19,21)(H2,18,23,24)/b20-16+. The van der Waals surface area contributed by atoms with Crippen molar-refractivity contribution in [1.82, 2.24) is 5.32 Å². The molecule has 0 saturated heterocycles. The highest BCUT2D eigenvalue weighted by molar-refractivity contribution is 7.89. The third-order valence-electron chi connectivity index (χ3n) is 3.55. The minimum Gasteiger partial charge on any atom is -0.410 e. The van der Waals surface area contributed by atoms with Gasteiger partial charge < -0.3 is 10.5 Å². The first-order chi connectivity index (χ1) is 11.9. The first-order valence-electron chi connectivity index (χ1n) is 7.55. The van der Waals surface area contributed by atoms with E-state index >= 15 is 0 Å². The van der Waals surface area contributed by atoms with Crippen molar-refractivity contribution in [2.45, 2.75) is 17.7 Å². The van der Waals surface area contributed by atoms with Crippen LogP contribution < -0.4 is 10.5 Å². The number of carbonyl (C=O) groups excluding carboxylic acids is 1. The number of carbonyl (C=O) groups is 1. The summed E-state index contributed by atoms with van der Waals surface area (Å²) in [7, 11) is -3.71. The summed E-state index contributed by atoms with van der Waals surface area (Å²) in [6.07, 6.45) is 0.729. The third-order valence-corrected chi connectivity index (χ3v) is 4.48. The predicted molar refractivity (Wildman–Crippen MR) is 93.9 cm³/mol. The minimum atomic E-state index is -3.71. The summed E-state index contributed by atoms with van der Waals surface area (Å²) >= 11 is 0. The molecular formula is C17H19N3O4S. The van der Waals surface area contributed by atoms with Crippen molar-refractivity contribution in [2.75, 3.05) is 6.54 Å². The van der Waals surface area contributed by atoms with E-state index in [4.69, 9.17) is 10.3 Å². The molecule has 2 aromatic carbocycles. The van der Waals surface area contributed by atoms with Crippen LogP contribution in [0, 0.1) is 0 Å². The number of oxime groups is 1. The van der Waals surface area contributed by atoms with Crippen molar-refractivity contribution >= 4 is 21.6 Å². The summed E-state index contributed by atoms with van der Waals surface area (Å²) in [4.78, 5) is 12.1. The number of benzene rings is 2. The Balaban J connectivity index is 1.87. The van der Waals surface area contributed by atoms with E-state index < -0.39 is 15.9 Å². The second kappa shape index (κ2) is 8.41. The number of rotatable bonds is 7. The van der Waals surface area contributed by atoms with Crippen molar-refractivity contribution < 1.29 is 18.4 Å². The summed E-state index contributed by atoms with van der Waals surface area (Å²) in [5.74, 6) is -0.451. The topological polar surface area (TPSA) is 122 Å².